The molecule has 13 heavy (non-hydrogen) atoms. The van der Waals surface area contributed by atoms with Gasteiger partial charge in [-0.15, -0.1) is 0 Å². The van der Waals surface area contributed by atoms with E-state index in [4.69, 9.17) is 5.26 Å². The van der Waals surface area contributed by atoms with E-state index in [1.165, 1.54) is 12.1 Å². The SMILES string of the molecule is N#CCNc1cccc([N+](=O)[O-])c1. The lowest BCUT2D eigenvalue weighted by molar-refractivity contribution is -0.384. The predicted molar refractivity (Wildman–Crippen MR) is 47.2 cm³/mol. The Labute approximate surface area is 74.8 Å². The highest BCUT2D eigenvalue weighted by atomic mass is 16.6. The summed E-state index contributed by atoms with van der Waals surface area (Å²) in [6.45, 7) is 0.140. The first-order valence-electron chi connectivity index (χ1n) is 3.59. The van der Waals surface area contributed by atoms with Crippen molar-refractivity contribution in [1.29, 1.82) is 5.26 Å². The Bertz CT molecular complexity index is 357. The fraction of sp³-hybridized carbons (Fsp3) is 0.125. The van der Waals surface area contributed by atoms with Gasteiger partial charge >= 0.3 is 0 Å². The van der Waals surface area contributed by atoms with Gasteiger partial charge < -0.3 is 5.32 Å². The molecule has 0 amide bonds. The van der Waals surface area contributed by atoms with E-state index in [0.29, 0.717) is 5.69 Å². The number of nitriles is 1. The van der Waals surface area contributed by atoms with Crippen molar-refractivity contribution in [2.75, 3.05) is 11.9 Å². The molecule has 1 rings (SSSR count). The molecule has 0 aliphatic rings. The minimum atomic E-state index is -0.475. The third-order valence-electron chi connectivity index (χ3n) is 1.43. The lowest BCUT2D eigenvalue weighted by Crippen LogP contribution is -1.98. The van der Waals surface area contributed by atoms with Gasteiger partial charge in [0.1, 0.15) is 6.54 Å². The smallest absolute Gasteiger partial charge is 0.271 e. The summed E-state index contributed by atoms with van der Waals surface area (Å²) < 4.78 is 0. The van der Waals surface area contributed by atoms with E-state index < -0.39 is 4.92 Å². The van der Waals surface area contributed by atoms with Crippen molar-refractivity contribution in [2.45, 2.75) is 0 Å². The summed E-state index contributed by atoms with van der Waals surface area (Å²) in [5.74, 6) is 0. The summed E-state index contributed by atoms with van der Waals surface area (Å²) in [5.41, 5.74) is 0.596. The average Bonchev–Trinajstić information content (AvgIpc) is 2.15. The number of hydrogen-bond acceptors (Lipinski definition) is 4. The van der Waals surface area contributed by atoms with E-state index in [0.717, 1.165) is 0 Å². The largest absolute Gasteiger partial charge is 0.372 e. The van der Waals surface area contributed by atoms with Gasteiger partial charge in [0.2, 0.25) is 0 Å². The molecule has 5 nitrogen and oxygen atoms in total. The van der Waals surface area contributed by atoms with Gasteiger partial charge in [0.15, 0.2) is 0 Å². The van der Waals surface area contributed by atoms with Crippen molar-refractivity contribution in [1.82, 2.24) is 0 Å². The van der Waals surface area contributed by atoms with Crippen LogP contribution in [0.25, 0.3) is 0 Å². The summed E-state index contributed by atoms with van der Waals surface area (Å²) in [6.07, 6.45) is 0. The number of nitro groups is 1. The quantitative estimate of drug-likeness (QED) is 0.431. The Balaban J connectivity index is 2.80. The first-order valence-corrected chi connectivity index (χ1v) is 3.59. The maximum absolute atomic E-state index is 10.3. The molecule has 66 valence electrons. The number of nitrogens with zero attached hydrogens (tertiary/aromatic N) is 2. The predicted octanol–water partition coefficient (Wildman–Crippen LogP) is 1.53. The molecule has 0 unspecified atom stereocenters. The van der Waals surface area contributed by atoms with Gasteiger partial charge in [0, 0.05) is 17.8 Å². The molecule has 0 radical (unpaired) electrons. The van der Waals surface area contributed by atoms with Crippen LogP contribution in [0.3, 0.4) is 0 Å². The van der Waals surface area contributed by atoms with Crippen LogP contribution in [-0.2, 0) is 0 Å². The minimum Gasteiger partial charge on any atom is -0.372 e. The number of anilines is 1. The number of nitro benzene ring substituents is 1. The molecular formula is C8H7N3O2. The molecule has 5 heteroatoms. The fourth-order valence-electron chi connectivity index (χ4n) is 0.871. The molecule has 0 atom stereocenters. The number of benzene rings is 1. The normalized spacial score (nSPS) is 8.85. The molecule has 1 N–H and O–H groups in total. The third-order valence-corrected chi connectivity index (χ3v) is 1.43. The Kier molecular flexibility index (Phi) is 2.82. The van der Waals surface area contributed by atoms with Gasteiger partial charge in [0.25, 0.3) is 5.69 Å². The summed E-state index contributed by atoms with van der Waals surface area (Å²) in [4.78, 5) is 9.87. The van der Waals surface area contributed by atoms with E-state index in [9.17, 15) is 10.1 Å². The number of hydrogen-bond donors (Lipinski definition) is 1. The molecule has 0 saturated carbocycles. The van der Waals surface area contributed by atoms with Gasteiger partial charge in [-0.2, -0.15) is 5.26 Å². The molecule has 0 aliphatic carbocycles. The Hall–Kier alpha value is -2.09. The zero-order valence-corrected chi connectivity index (χ0v) is 6.73. The lowest BCUT2D eigenvalue weighted by Gasteiger charge is -1.99. The van der Waals surface area contributed by atoms with Crippen molar-refractivity contribution in [3.8, 4) is 6.07 Å². The van der Waals surface area contributed by atoms with Crippen molar-refractivity contribution in [3.63, 3.8) is 0 Å². The molecule has 0 bridgehead atoms. The van der Waals surface area contributed by atoms with Crippen LogP contribution in [0.2, 0.25) is 0 Å². The van der Waals surface area contributed by atoms with Crippen LogP contribution < -0.4 is 5.32 Å². The maximum atomic E-state index is 10.3. The lowest BCUT2D eigenvalue weighted by atomic mass is 10.3. The Morgan fingerprint density at radius 1 is 1.62 bits per heavy atom. The van der Waals surface area contributed by atoms with Gasteiger partial charge in [-0.3, -0.25) is 10.1 Å². The maximum Gasteiger partial charge on any atom is 0.271 e. The van der Waals surface area contributed by atoms with Crippen molar-refractivity contribution >= 4 is 11.4 Å². The van der Waals surface area contributed by atoms with E-state index in [-0.39, 0.29) is 12.2 Å². The van der Waals surface area contributed by atoms with Gasteiger partial charge in [-0.25, -0.2) is 0 Å². The van der Waals surface area contributed by atoms with Gasteiger partial charge in [0.05, 0.1) is 11.0 Å². The molecule has 0 fully saturated rings. The van der Waals surface area contributed by atoms with E-state index in [1.54, 1.807) is 12.1 Å². The molecule has 0 spiro atoms. The highest BCUT2D eigenvalue weighted by Gasteiger charge is 2.04. The molecule has 0 heterocycles. The van der Waals surface area contributed by atoms with Crippen molar-refractivity contribution in [3.05, 3.63) is 34.4 Å². The molecule has 0 saturated heterocycles. The highest BCUT2D eigenvalue weighted by molar-refractivity contribution is 5.51. The second-order valence-electron chi connectivity index (χ2n) is 2.32. The molecule has 1 aromatic carbocycles. The molecular weight excluding hydrogens is 170 g/mol. The summed E-state index contributed by atoms with van der Waals surface area (Å²) >= 11 is 0. The van der Waals surface area contributed by atoms with E-state index >= 15 is 0 Å². The van der Waals surface area contributed by atoms with Crippen LogP contribution in [0.5, 0.6) is 0 Å². The van der Waals surface area contributed by atoms with Gasteiger partial charge in [-0.05, 0) is 6.07 Å². The van der Waals surface area contributed by atoms with Crippen LogP contribution >= 0.6 is 0 Å². The molecule has 0 aromatic heterocycles. The second-order valence-corrected chi connectivity index (χ2v) is 2.32. The Morgan fingerprint density at radius 3 is 3.00 bits per heavy atom. The Morgan fingerprint density at radius 2 is 2.38 bits per heavy atom. The first kappa shape index (κ1) is 9.00. The van der Waals surface area contributed by atoms with E-state index in [2.05, 4.69) is 5.32 Å². The summed E-state index contributed by atoms with van der Waals surface area (Å²) in [5, 5.41) is 21.3. The van der Waals surface area contributed by atoms with Crippen molar-refractivity contribution in [2.24, 2.45) is 0 Å². The standard InChI is InChI=1S/C8H7N3O2/c9-4-5-10-7-2-1-3-8(6-7)11(12)13/h1-3,6,10H,5H2. The summed E-state index contributed by atoms with van der Waals surface area (Å²) in [6, 6.07) is 7.91. The van der Waals surface area contributed by atoms with Crippen LogP contribution in [0.4, 0.5) is 11.4 Å². The van der Waals surface area contributed by atoms with Gasteiger partial charge in [-0.1, -0.05) is 6.07 Å². The minimum absolute atomic E-state index is 0.0166. The highest BCUT2D eigenvalue weighted by Crippen LogP contribution is 2.16. The summed E-state index contributed by atoms with van der Waals surface area (Å²) in [7, 11) is 0. The van der Waals surface area contributed by atoms with Crippen LogP contribution in [0, 0.1) is 21.4 Å². The molecule has 0 aliphatic heterocycles. The number of non-ortho nitro benzene ring substituents is 1. The molecule has 1 aromatic rings. The third kappa shape index (κ3) is 2.45. The monoisotopic (exact) mass is 177 g/mol. The van der Waals surface area contributed by atoms with Crippen molar-refractivity contribution < 1.29 is 4.92 Å². The van der Waals surface area contributed by atoms with Crippen LogP contribution in [-0.4, -0.2) is 11.5 Å². The zero-order chi connectivity index (χ0) is 9.68. The first-order chi connectivity index (χ1) is 6.24. The van der Waals surface area contributed by atoms with E-state index in [1.807, 2.05) is 6.07 Å². The van der Waals surface area contributed by atoms with Crippen LogP contribution in [0.1, 0.15) is 0 Å². The second kappa shape index (κ2) is 4.07. The average molecular weight is 177 g/mol. The topological polar surface area (TPSA) is 79.0 Å². The number of rotatable bonds is 3. The number of nitrogens with one attached hydrogen (secondary N) is 1. The van der Waals surface area contributed by atoms with Crippen LogP contribution in [0.15, 0.2) is 24.3 Å². The fourth-order valence-corrected chi connectivity index (χ4v) is 0.871. The zero-order valence-electron chi connectivity index (χ0n) is 6.73.